The molecule has 3 rings (SSSR count). The first-order valence-electron chi connectivity index (χ1n) is 7.22. The summed E-state index contributed by atoms with van der Waals surface area (Å²) in [4.78, 5) is 37.9. The van der Waals surface area contributed by atoms with Crippen molar-refractivity contribution >= 4 is 17.8 Å². The molecule has 1 N–H and O–H groups in total. The molecule has 1 saturated heterocycles. The van der Waals surface area contributed by atoms with Crippen LogP contribution in [-0.4, -0.2) is 29.3 Å². The van der Waals surface area contributed by atoms with E-state index in [0.29, 0.717) is 31.2 Å². The van der Waals surface area contributed by atoms with Crippen LogP contribution in [0.2, 0.25) is 0 Å². The van der Waals surface area contributed by atoms with E-state index >= 15 is 0 Å². The van der Waals surface area contributed by atoms with E-state index in [-0.39, 0.29) is 11.8 Å². The number of urea groups is 1. The molecule has 5 nitrogen and oxygen atoms in total. The van der Waals surface area contributed by atoms with E-state index in [1.54, 1.807) is 0 Å². The fraction of sp³-hybridized carbons (Fsp3) is 0.786. The van der Waals surface area contributed by atoms with Crippen LogP contribution in [0.25, 0.3) is 0 Å². The molecule has 0 aromatic carbocycles. The van der Waals surface area contributed by atoms with Crippen molar-refractivity contribution in [1.82, 2.24) is 10.2 Å². The van der Waals surface area contributed by atoms with Gasteiger partial charge in [0.15, 0.2) is 0 Å². The summed E-state index contributed by atoms with van der Waals surface area (Å²) in [7, 11) is 0. The summed E-state index contributed by atoms with van der Waals surface area (Å²) in [6.45, 7) is 2.60. The fourth-order valence-electron chi connectivity index (χ4n) is 3.38. The Hall–Kier alpha value is -1.39. The second-order valence-electron chi connectivity index (χ2n) is 6.29. The number of barbiturate groups is 1. The van der Waals surface area contributed by atoms with Crippen LogP contribution in [0.1, 0.15) is 45.4 Å². The average molecular weight is 264 g/mol. The summed E-state index contributed by atoms with van der Waals surface area (Å²) >= 11 is 0. The van der Waals surface area contributed by atoms with Crippen LogP contribution in [0.3, 0.4) is 0 Å². The maximum atomic E-state index is 12.6. The van der Waals surface area contributed by atoms with Gasteiger partial charge in [0.2, 0.25) is 11.8 Å². The van der Waals surface area contributed by atoms with Crippen molar-refractivity contribution in [3.05, 3.63) is 0 Å². The summed E-state index contributed by atoms with van der Waals surface area (Å²) in [6, 6.07) is -0.523. The number of carbonyl (C=O) groups excluding carboxylic acids is 3. The van der Waals surface area contributed by atoms with E-state index in [0.717, 1.165) is 25.7 Å². The fourth-order valence-corrected chi connectivity index (χ4v) is 3.38. The van der Waals surface area contributed by atoms with Gasteiger partial charge in [0.1, 0.15) is 5.41 Å². The van der Waals surface area contributed by atoms with Gasteiger partial charge in [-0.05, 0) is 31.1 Å². The molecular weight excluding hydrogens is 244 g/mol. The van der Waals surface area contributed by atoms with Crippen LogP contribution in [-0.2, 0) is 9.59 Å². The summed E-state index contributed by atoms with van der Waals surface area (Å²) in [5.74, 6) is 0.381. The van der Waals surface area contributed by atoms with E-state index in [1.165, 1.54) is 4.90 Å². The van der Waals surface area contributed by atoms with Crippen molar-refractivity contribution in [2.45, 2.75) is 45.4 Å². The van der Waals surface area contributed by atoms with Gasteiger partial charge in [0.05, 0.1) is 0 Å². The van der Waals surface area contributed by atoms with Gasteiger partial charge in [0, 0.05) is 6.54 Å². The lowest BCUT2D eigenvalue weighted by Gasteiger charge is -2.41. The van der Waals surface area contributed by atoms with Gasteiger partial charge < -0.3 is 0 Å². The molecular formula is C14H20N2O3. The van der Waals surface area contributed by atoms with Crippen LogP contribution in [0, 0.1) is 17.3 Å². The van der Waals surface area contributed by atoms with Gasteiger partial charge in [-0.2, -0.15) is 0 Å². The van der Waals surface area contributed by atoms with Crippen molar-refractivity contribution in [3.8, 4) is 0 Å². The van der Waals surface area contributed by atoms with Crippen LogP contribution < -0.4 is 5.32 Å². The van der Waals surface area contributed by atoms with Crippen LogP contribution >= 0.6 is 0 Å². The smallest absolute Gasteiger partial charge is 0.277 e. The van der Waals surface area contributed by atoms with Crippen molar-refractivity contribution in [2.75, 3.05) is 6.54 Å². The molecule has 19 heavy (non-hydrogen) atoms. The normalized spacial score (nSPS) is 33.5. The predicted octanol–water partition coefficient (Wildman–Crippen LogP) is 1.67. The number of imide groups is 2. The standard InChI is InChI=1S/C14H20N2O3/c1-9-7-10(9)8-16-12(18)14(5-3-2-4-6-14)11(17)15-13(16)19/h9-10H,2-8H2,1H3,(H,15,17,19). The van der Waals surface area contributed by atoms with Crippen LogP contribution in [0.4, 0.5) is 4.79 Å². The molecule has 1 aliphatic heterocycles. The number of hydrogen-bond donors (Lipinski definition) is 1. The molecule has 2 unspecified atom stereocenters. The Labute approximate surface area is 112 Å². The van der Waals surface area contributed by atoms with Gasteiger partial charge in [-0.25, -0.2) is 4.79 Å². The summed E-state index contributed by atoms with van der Waals surface area (Å²) in [5, 5.41) is 2.40. The molecule has 104 valence electrons. The van der Waals surface area contributed by atoms with E-state index < -0.39 is 11.4 Å². The van der Waals surface area contributed by atoms with Crippen LogP contribution in [0.5, 0.6) is 0 Å². The molecule has 0 aromatic rings. The molecule has 0 radical (unpaired) electrons. The Morgan fingerprint density at radius 2 is 1.84 bits per heavy atom. The highest BCUT2D eigenvalue weighted by molar-refractivity contribution is 6.19. The maximum absolute atomic E-state index is 12.6. The van der Waals surface area contributed by atoms with Crippen molar-refractivity contribution in [2.24, 2.45) is 17.3 Å². The maximum Gasteiger partial charge on any atom is 0.330 e. The Morgan fingerprint density at radius 1 is 1.21 bits per heavy atom. The first-order valence-corrected chi connectivity index (χ1v) is 7.22. The number of carbonyl (C=O) groups is 3. The minimum Gasteiger partial charge on any atom is -0.277 e. The van der Waals surface area contributed by atoms with Gasteiger partial charge in [-0.3, -0.25) is 19.8 Å². The number of amides is 4. The summed E-state index contributed by atoms with van der Waals surface area (Å²) in [5.41, 5.74) is -0.954. The highest BCUT2D eigenvalue weighted by Crippen LogP contribution is 2.43. The second kappa shape index (κ2) is 4.32. The number of hydrogen-bond acceptors (Lipinski definition) is 3. The largest absolute Gasteiger partial charge is 0.330 e. The SMILES string of the molecule is CC1CC1CN1C(=O)NC(=O)C2(CCCCC2)C1=O. The first kappa shape index (κ1) is 12.6. The number of rotatable bonds is 2. The van der Waals surface area contributed by atoms with Crippen molar-refractivity contribution in [3.63, 3.8) is 0 Å². The third-order valence-corrected chi connectivity index (χ3v) is 4.96. The van der Waals surface area contributed by atoms with Crippen molar-refractivity contribution < 1.29 is 14.4 Å². The minimum absolute atomic E-state index is 0.250. The van der Waals surface area contributed by atoms with E-state index in [2.05, 4.69) is 12.2 Å². The third-order valence-electron chi connectivity index (χ3n) is 4.96. The molecule has 1 heterocycles. The lowest BCUT2D eigenvalue weighted by Crippen LogP contribution is -2.64. The Kier molecular flexibility index (Phi) is 2.87. The monoisotopic (exact) mass is 264 g/mol. The molecule has 3 fully saturated rings. The minimum atomic E-state index is -0.954. The Balaban J connectivity index is 1.82. The predicted molar refractivity (Wildman–Crippen MR) is 68.0 cm³/mol. The zero-order valence-corrected chi connectivity index (χ0v) is 11.3. The first-order chi connectivity index (χ1) is 9.04. The third kappa shape index (κ3) is 1.95. The van der Waals surface area contributed by atoms with Gasteiger partial charge in [-0.1, -0.05) is 26.2 Å². The lowest BCUT2D eigenvalue weighted by molar-refractivity contribution is -0.154. The van der Waals surface area contributed by atoms with Gasteiger partial charge in [-0.15, -0.1) is 0 Å². The molecule has 0 bridgehead atoms. The average Bonchev–Trinajstić information content (AvgIpc) is 3.10. The number of nitrogens with zero attached hydrogens (tertiary/aromatic N) is 1. The van der Waals surface area contributed by atoms with E-state index in [4.69, 9.17) is 0 Å². The van der Waals surface area contributed by atoms with Gasteiger partial charge >= 0.3 is 6.03 Å². The topological polar surface area (TPSA) is 66.5 Å². The molecule has 5 heteroatoms. The molecule has 3 aliphatic rings. The molecule has 4 amide bonds. The number of nitrogens with one attached hydrogen (secondary N) is 1. The quantitative estimate of drug-likeness (QED) is 0.771. The lowest BCUT2D eigenvalue weighted by atomic mass is 9.71. The Morgan fingerprint density at radius 3 is 2.42 bits per heavy atom. The molecule has 2 saturated carbocycles. The highest BCUT2D eigenvalue weighted by atomic mass is 16.2. The van der Waals surface area contributed by atoms with E-state index in [9.17, 15) is 14.4 Å². The molecule has 2 aliphatic carbocycles. The molecule has 2 atom stereocenters. The zero-order valence-electron chi connectivity index (χ0n) is 11.3. The van der Waals surface area contributed by atoms with E-state index in [1.807, 2.05) is 0 Å². The molecule has 0 aromatic heterocycles. The summed E-state index contributed by atoms with van der Waals surface area (Å²) in [6.07, 6.45) is 5.08. The molecule has 1 spiro atoms. The van der Waals surface area contributed by atoms with Crippen LogP contribution in [0.15, 0.2) is 0 Å². The zero-order chi connectivity index (χ0) is 13.6. The Bertz CT molecular complexity index is 440. The highest BCUT2D eigenvalue weighted by Gasteiger charge is 2.54. The van der Waals surface area contributed by atoms with Crippen molar-refractivity contribution in [1.29, 1.82) is 0 Å². The second-order valence-corrected chi connectivity index (χ2v) is 6.29. The van der Waals surface area contributed by atoms with Gasteiger partial charge in [0.25, 0.3) is 0 Å². The summed E-state index contributed by atoms with van der Waals surface area (Å²) < 4.78 is 0.